The first-order valence-electron chi connectivity index (χ1n) is 7.53. The normalized spacial score (nSPS) is 10.7. The molecule has 20 heavy (non-hydrogen) atoms. The highest BCUT2D eigenvalue weighted by Gasteiger charge is 2.13. The average molecular weight is 277 g/mol. The molecule has 0 aliphatic rings. The van der Waals surface area contributed by atoms with Crippen LogP contribution in [0.25, 0.3) is 0 Å². The molecular formula is C17H27NO2. The van der Waals surface area contributed by atoms with Gasteiger partial charge in [-0.3, -0.25) is 0 Å². The van der Waals surface area contributed by atoms with Crippen molar-refractivity contribution in [1.82, 2.24) is 0 Å². The molecule has 112 valence electrons. The summed E-state index contributed by atoms with van der Waals surface area (Å²) in [4.78, 5) is 14.0. The second-order valence-electron chi connectivity index (χ2n) is 5.37. The van der Waals surface area contributed by atoms with Crippen LogP contribution in [0.4, 0.5) is 5.69 Å². The van der Waals surface area contributed by atoms with E-state index in [1.54, 1.807) is 0 Å². The second-order valence-corrected chi connectivity index (χ2v) is 5.37. The van der Waals surface area contributed by atoms with Crippen molar-refractivity contribution in [3.63, 3.8) is 0 Å². The Morgan fingerprint density at radius 3 is 2.45 bits per heavy atom. The maximum absolute atomic E-state index is 12.1. The first-order valence-corrected chi connectivity index (χ1v) is 7.53. The number of benzene rings is 1. The van der Waals surface area contributed by atoms with E-state index >= 15 is 0 Å². The van der Waals surface area contributed by atoms with Crippen molar-refractivity contribution in [1.29, 1.82) is 0 Å². The van der Waals surface area contributed by atoms with Gasteiger partial charge in [0.05, 0.1) is 17.9 Å². The molecule has 0 bridgehead atoms. The lowest BCUT2D eigenvalue weighted by atomic mass is 9.98. The molecule has 0 saturated heterocycles. The highest BCUT2D eigenvalue weighted by molar-refractivity contribution is 5.95. The molecule has 0 amide bonds. The van der Waals surface area contributed by atoms with Gasteiger partial charge in [-0.05, 0) is 30.9 Å². The molecule has 0 atom stereocenters. The average Bonchev–Trinajstić information content (AvgIpc) is 2.47. The first kappa shape index (κ1) is 16.5. The topological polar surface area (TPSA) is 29.5 Å². The van der Waals surface area contributed by atoms with Crippen LogP contribution in [0.1, 0.15) is 49.9 Å². The summed E-state index contributed by atoms with van der Waals surface area (Å²) in [5.74, 6) is 0.529. The Bertz CT molecular complexity index is 411. The van der Waals surface area contributed by atoms with Gasteiger partial charge in [-0.25, -0.2) is 4.79 Å². The number of rotatable bonds is 8. The fourth-order valence-electron chi connectivity index (χ4n) is 2.35. The summed E-state index contributed by atoms with van der Waals surface area (Å²) >= 11 is 0. The van der Waals surface area contributed by atoms with Crippen LogP contribution in [-0.2, 0) is 4.74 Å². The van der Waals surface area contributed by atoms with Crippen molar-refractivity contribution in [2.24, 2.45) is 5.92 Å². The van der Waals surface area contributed by atoms with Gasteiger partial charge in [0.15, 0.2) is 0 Å². The molecule has 1 aromatic rings. The van der Waals surface area contributed by atoms with E-state index in [-0.39, 0.29) is 5.97 Å². The molecule has 0 heterocycles. The van der Waals surface area contributed by atoms with Crippen LogP contribution < -0.4 is 4.90 Å². The number of esters is 1. The molecule has 1 aromatic carbocycles. The number of ether oxygens (including phenoxy) is 1. The molecule has 0 radical (unpaired) electrons. The van der Waals surface area contributed by atoms with Gasteiger partial charge in [-0.1, -0.05) is 38.8 Å². The van der Waals surface area contributed by atoms with Crippen molar-refractivity contribution in [3.8, 4) is 0 Å². The van der Waals surface area contributed by atoms with E-state index in [4.69, 9.17) is 4.74 Å². The molecule has 0 aromatic heterocycles. The van der Waals surface area contributed by atoms with Crippen LogP contribution in [0, 0.1) is 5.92 Å². The minimum absolute atomic E-state index is 0.223. The fourth-order valence-corrected chi connectivity index (χ4v) is 2.35. The number of para-hydroxylation sites is 1. The Morgan fingerprint density at radius 1 is 1.20 bits per heavy atom. The summed E-state index contributed by atoms with van der Waals surface area (Å²) in [6.45, 7) is 4.94. The van der Waals surface area contributed by atoms with Crippen molar-refractivity contribution < 1.29 is 9.53 Å². The molecule has 0 fully saturated rings. The molecule has 0 N–H and O–H groups in total. The molecule has 0 aliphatic heterocycles. The second kappa shape index (κ2) is 8.62. The predicted octanol–water partition coefficient (Wildman–Crippen LogP) is 4.13. The summed E-state index contributed by atoms with van der Waals surface area (Å²) in [6, 6.07) is 7.55. The zero-order valence-electron chi connectivity index (χ0n) is 13.2. The van der Waals surface area contributed by atoms with E-state index in [2.05, 4.69) is 13.8 Å². The maximum atomic E-state index is 12.1. The SMILES string of the molecule is CCC(CC)CCCOC(=O)c1ccccc1N(C)C. The van der Waals surface area contributed by atoms with E-state index in [9.17, 15) is 4.79 Å². The third kappa shape index (κ3) is 4.87. The largest absolute Gasteiger partial charge is 0.462 e. The molecule has 3 nitrogen and oxygen atoms in total. The number of carbonyl (C=O) groups excluding carboxylic acids is 1. The van der Waals surface area contributed by atoms with Crippen LogP contribution in [-0.4, -0.2) is 26.7 Å². The lowest BCUT2D eigenvalue weighted by Gasteiger charge is -2.16. The standard InChI is InChI=1S/C17H27NO2/c1-5-14(6-2)10-9-13-20-17(19)15-11-7-8-12-16(15)18(3)4/h7-8,11-12,14H,5-6,9-10,13H2,1-4H3. The van der Waals surface area contributed by atoms with Crippen molar-refractivity contribution in [2.45, 2.75) is 39.5 Å². The Kier molecular flexibility index (Phi) is 7.13. The van der Waals surface area contributed by atoms with Crippen LogP contribution >= 0.6 is 0 Å². The summed E-state index contributed by atoms with van der Waals surface area (Å²) in [5, 5.41) is 0. The lowest BCUT2D eigenvalue weighted by molar-refractivity contribution is 0.0494. The van der Waals surface area contributed by atoms with Crippen molar-refractivity contribution in [2.75, 3.05) is 25.6 Å². The zero-order valence-corrected chi connectivity index (χ0v) is 13.2. The lowest BCUT2D eigenvalue weighted by Crippen LogP contribution is -2.15. The van der Waals surface area contributed by atoms with Crippen LogP contribution in [0.15, 0.2) is 24.3 Å². The zero-order chi connectivity index (χ0) is 15.0. The molecule has 0 unspecified atom stereocenters. The number of hydrogen-bond acceptors (Lipinski definition) is 3. The van der Waals surface area contributed by atoms with E-state index in [1.165, 1.54) is 12.8 Å². The minimum atomic E-state index is -0.223. The third-order valence-electron chi connectivity index (χ3n) is 3.75. The van der Waals surface area contributed by atoms with Crippen LogP contribution in [0.3, 0.4) is 0 Å². The quantitative estimate of drug-likeness (QED) is 0.528. The summed E-state index contributed by atoms with van der Waals surface area (Å²) in [5.41, 5.74) is 1.54. The molecule has 0 spiro atoms. The maximum Gasteiger partial charge on any atom is 0.340 e. The van der Waals surface area contributed by atoms with Crippen molar-refractivity contribution in [3.05, 3.63) is 29.8 Å². The van der Waals surface area contributed by atoms with E-state index < -0.39 is 0 Å². The summed E-state index contributed by atoms with van der Waals surface area (Å²) in [6.07, 6.45) is 4.49. The summed E-state index contributed by atoms with van der Waals surface area (Å²) in [7, 11) is 3.86. The van der Waals surface area contributed by atoms with Gasteiger partial charge >= 0.3 is 5.97 Å². The van der Waals surface area contributed by atoms with Gasteiger partial charge in [0.1, 0.15) is 0 Å². The third-order valence-corrected chi connectivity index (χ3v) is 3.75. The Labute approximate surface area is 122 Å². The van der Waals surface area contributed by atoms with Gasteiger partial charge in [-0.15, -0.1) is 0 Å². The Morgan fingerprint density at radius 2 is 1.85 bits per heavy atom. The minimum Gasteiger partial charge on any atom is -0.462 e. The molecule has 0 saturated carbocycles. The van der Waals surface area contributed by atoms with Gasteiger partial charge < -0.3 is 9.64 Å². The molecule has 3 heteroatoms. The van der Waals surface area contributed by atoms with Crippen LogP contribution in [0.2, 0.25) is 0 Å². The van der Waals surface area contributed by atoms with Gasteiger partial charge in [0.2, 0.25) is 0 Å². The fraction of sp³-hybridized carbons (Fsp3) is 0.588. The predicted molar refractivity (Wildman–Crippen MR) is 84.4 cm³/mol. The number of anilines is 1. The Hall–Kier alpha value is -1.51. The molecular weight excluding hydrogens is 250 g/mol. The highest BCUT2D eigenvalue weighted by atomic mass is 16.5. The number of hydrogen-bond donors (Lipinski definition) is 0. The van der Waals surface area contributed by atoms with Crippen molar-refractivity contribution >= 4 is 11.7 Å². The summed E-state index contributed by atoms with van der Waals surface area (Å²) < 4.78 is 5.39. The smallest absolute Gasteiger partial charge is 0.340 e. The monoisotopic (exact) mass is 277 g/mol. The molecule has 1 rings (SSSR count). The highest BCUT2D eigenvalue weighted by Crippen LogP contribution is 2.19. The van der Waals surface area contributed by atoms with E-state index in [0.717, 1.165) is 24.4 Å². The van der Waals surface area contributed by atoms with E-state index in [0.29, 0.717) is 12.2 Å². The molecule has 0 aliphatic carbocycles. The van der Waals surface area contributed by atoms with Gasteiger partial charge in [-0.2, -0.15) is 0 Å². The number of carbonyl (C=O) groups is 1. The first-order chi connectivity index (χ1) is 9.60. The van der Waals surface area contributed by atoms with Crippen LogP contribution in [0.5, 0.6) is 0 Å². The number of nitrogens with zero attached hydrogens (tertiary/aromatic N) is 1. The van der Waals surface area contributed by atoms with Gasteiger partial charge in [0.25, 0.3) is 0 Å². The van der Waals surface area contributed by atoms with Gasteiger partial charge in [0, 0.05) is 14.1 Å². The Balaban J connectivity index is 2.47. The van der Waals surface area contributed by atoms with E-state index in [1.807, 2.05) is 43.3 Å².